The van der Waals surface area contributed by atoms with Crippen LogP contribution in [0.25, 0.3) is 0 Å². The number of ether oxygens (including phenoxy) is 1. The van der Waals surface area contributed by atoms with Gasteiger partial charge in [0, 0.05) is 13.2 Å². The molecule has 0 aromatic heterocycles. The van der Waals surface area contributed by atoms with E-state index in [9.17, 15) is 4.79 Å². The van der Waals surface area contributed by atoms with Crippen molar-refractivity contribution in [1.29, 1.82) is 0 Å². The maximum atomic E-state index is 13.3. The van der Waals surface area contributed by atoms with E-state index in [1.165, 1.54) is 18.4 Å². The van der Waals surface area contributed by atoms with Gasteiger partial charge in [0.15, 0.2) is 5.78 Å². The van der Waals surface area contributed by atoms with Crippen LogP contribution < -0.4 is 0 Å². The van der Waals surface area contributed by atoms with E-state index in [-0.39, 0.29) is 5.41 Å². The normalized spacial score (nSPS) is 22.2. The molecular formula is C19H24O2. The second-order valence-corrected chi connectivity index (χ2v) is 6.22. The maximum Gasteiger partial charge on any atom is 0.169 e. The molecule has 1 fully saturated rings. The van der Waals surface area contributed by atoms with Gasteiger partial charge in [-0.2, -0.15) is 0 Å². The van der Waals surface area contributed by atoms with Crippen molar-refractivity contribution in [3.05, 3.63) is 47.5 Å². The summed E-state index contributed by atoms with van der Waals surface area (Å²) in [6.45, 7) is 1.38. The molecule has 0 amide bonds. The van der Waals surface area contributed by atoms with Gasteiger partial charge in [-0.1, -0.05) is 42.8 Å². The number of allylic oxidation sites excluding steroid dienone is 2. The maximum absolute atomic E-state index is 13.3. The van der Waals surface area contributed by atoms with Crippen molar-refractivity contribution in [3.8, 4) is 0 Å². The van der Waals surface area contributed by atoms with Crippen LogP contribution in [0.4, 0.5) is 0 Å². The summed E-state index contributed by atoms with van der Waals surface area (Å²) >= 11 is 0. The number of ketones is 1. The van der Waals surface area contributed by atoms with Crippen molar-refractivity contribution in [3.63, 3.8) is 0 Å². The predicted molar refractivity (Wildman–Crippen MR) is 84.3 cm³/mol. The van der Waals surface area contributed by atoms with E-state index in [4.69, 9.17) is 4.74 Å². The van der Waals surface area contributed by atoms with Crippen molar-refractivity contribution in [2.75, 3.05) is 13.2 Å². The summed E-state index contributed by atoms with van der Waals surface area (Å²) in [7, 11) is 0. The van der Waals surface area contributed by atoms with Crippen molar-refractivity contribution >= 4 is 5.78 Å². The monoisotopic (exact) mass is 284 g/mol. The second kappa shape index (κ2) is 6.57. The fraction of sp³-hybridized carbons (Fsp3) is 0.526. The summed E-state index contributed by atoms with van der Waals surface area (Å²) in [6.07, 6.45) is 9.46. The van der Waals surface area contributed by atoms with Gasteiger partial charge in [0.2, 0.25) is 0 Å². The van der Waals surface area contributed by atoms with Crippen LogP contribution in [-0.4, -0.2) is 19.0 Å². The number of rotatable bonds is 3. The average molecular weight is 284 g/mol. The molecule has 0 radical (unpaired) electrons. The lowest BCUT2D eigenvalue weighted by Gasteiger charge is -2.37. The summed E-state index contributed by atoms with van der Waals surface area (Å²) in [5.41, 5.74) is 1.89. The van der Waals surface area contributed by atoms with Crippen molar-refractivity contribution in [2.45, 2.75) is 50.4 Å². The van der Waals surface area contributed by atoms with Gasteiger partial charge in [-0.15, -0.1) is 0 Å². The molecule has 1 saturated heterocycles. The first-order valence-electron chi connectivity index (χ1n) is 8.20. The van der Waals surface area contributed by atoms with E-state index in [1.54, 1.807) is 0 Å². The molecule has 0 spiro atoms. The zero-order valence-electron chi connectivity index (χ0n) is 12.6. The van der Waals surface area contributed by atoms with Gasteiger partial charge in [0.25, 0.3) is 0 Å². The van der Waals surface area contributed by atoms with Crippen molar-refractivity contribution < 1.29 is 9.53 Å². The third-order valence-electron chi connectivity index (χ3n) is 4.94. The molecular weight excluding hydrogens is 260 g/mol. The fourth-order valence-corrected chi connectivity index (χ4v) is 3.65. The quantitative estimate of drug-likeness (QED) is 0.831. The Hall–Kier alpha value is -1.41. The highest BCUT2D eigenvalue weighted by Gasteiger charge is 2.42. The Kier molecular flexibility index (Phi) is 4.54. The number of hydrogen-bond acceptors (Lipinski definition) is 2. The average Bonchev–Trinajstić information content (AvgIpc) is 2.85. The molecule has 1 aromatic carbocycles. The molecule has 3 rings (SSSR count). The number of Topliss-reactive ketones (excluding diaryl/α,β-unsaturated/α-hetero) is 1. The van der Waals surface area contributed by atoms with Gasteiger partial charge in [0.1, 0.15) is 0 Å². The first kappa shape index (κ1) is 14.5. The smallest absolute Gasteiger partial charge is 0.169 e. The van der Waals surface area contributed by atoms with Crippen LogP contribution in [0.1, 0.15) is 50.5 Å². The number of carbonyl (C=O) groups is 1. The van der Waals surface area contributed by atoms with E-state index in [1.807, 2.05) is 18.2 Å². The Morgan fingerprint density at radius 3 is 2.52 bits per heavy atom. The van der Waals surface area contributed by atoms with Gasteiger partial charge in [-0.25, -0.2) is 0 Å². The van der Waals surface area contributed by atoms with Crippen LogP contribution in [0.3, 0.4) is 0 Å². The molecule has 0 bridgehead atoms. The molecule has 2 heteroatoms. The molecule has 1 heterocycles. The lowest BCUT2D eigenvalue weighted by Crippen LogP contribution is -2.42. The van der Waals surface area contributed by atoms with Crippen molar-refractivity contribution in [1.82, 2.24) is 0 Å². The minimum atomic E-state index is -0.352. The molecule has 1 aromatic rings. The van der Waals surface area contributed by atoms with Crippen LogP contribution in [0.15, 0.2) is 42.0 Å². The highest BCUT2D eigenvalue weighted by Crippen LogP contribution is 2.39. The zero-order chi connectivity index (χ0) is 14.5. The summed E-state index contributed by atoms with van der Waals surface area (Å²) < 4.78 is 5.54. The highest BCUT2D eigenvalue weighted by atomic mass is 16.5. The minimum absolute atomic E-state index is 0.352. The van der Waals surface area contributed by atoms with E-state index < -0.39 is 0 Å². The second-order valence-electron chi connectivity index (χ2n) is 6.22. The summed E-state index contributed by atoms with van der Waals surface area (Å²) in [5, 5.41) is 0. The Morgan fingerprint density at radius 2 is 1.76 bits per heavy atom. The molecule has 1 aliphatic carbocycles. The van der Waals surface area contributed by atoms with Gasteiger partial charge < -0.3 is 4.74 Å². The third kappa shape index (κ3) is 2.96. The highest BCUT2D eigenvalue weighted by molar-refractivity contribution is 6.03. The summed E-state index contributed by atoms with van der Waals surface area (Å²) in [6, 6.07) is 10.3. The van der Waals surface area contributed by atoms with Crippen LogP contribution in [0.2, 0.25) is 0 Å². The van der Waals surface area contributed by atoms with Gasteiger partial charge >= 0.3 is 0 Å². The molecule has 0 atom stereocenters. The molecule has 1 aliphatic heterocycles. The topological polar surface area (TPSA) is 26.3 Å². The summed E-state index contributed by atoms with van der Waals surface area (Å²) in [4.78, 5) is 13.3. The number of hydrogen-bond donors (Lipinski definition) is 0. The lowest BCUT2D eigenvalue weighted by atomic mass is 9.68. The molecule has 2 nitrogen and oxygen atoms in total. The van der Waals surface area contributed by atoms with Gasteiger partial charge in [-0.05, 0) is 49.7 Å². The van der Waals surface area contributed by atoms with Crippen molar-refractivity contribution in [2.24, 2.45) is 0 Å². The molecule has 2 aliphatic rings. The van der Waals surface area contributed by atoms with E-state index in [0.29, 0.717) is 19.0 Å². The van der Waals surface area contributed by atoms with Crippen LogP contribution in [-0.2, 0) is 14.9 Å². The Morgan fingerprint density at radius 1 is 1.00 bits per heavy atom. The van der Waals surface area contributed by atoms with Crippen LogP contribution in [0, 0.1) is 0 Å². The Labute approximate surface area is 127 Å². The van der Waals surface area contributed by atoms with Gasteiger partial charge in [-0.3, -0.25) is 4.79 Å². The SMILES string of the molecule is O=C(C1=CCCCCC1)C1(c2ccccc2)CCOCC1. The summed E-state index contributed by atoms with van der Waals surface area (Å²) in [5.74, 6) is 0.360. The molecule has 0 saturated carbocycles. The molecule has 0 N–H and O–H groups in total. The largest absolute Gasteiger partial charge is 0.381 e. The van der Waals surface area contributed by atoms with Crippen LogP contribution >= 0.6 is 0 Å². The Bertz CT molecular complexity index is 510. The lowest BCUT2D eigenvalue weighted by molar-refractivity contribution is -0.124. The fourth-order valence-electron chi connectivity index (χ4n) is 3.65. The minimum Gasteiger partial charge on any atom is -0.381 e. The first-order chi connectivity index (χ1) is 10.3. The third-order valence-corrected chi connectivity index (χ3v) is 4.94. The predicted octanol–water partition coefficient (Wildman–Crippen LogP) is 4.19. The Balaban J connectivity index is 1.95. The van der Waals surface area contributed by atoms with E-state index in [0.717, 1.165) is 37.7 Å². The first-order valence-corrected chi connectivity index (χ1v) is 8.20. The number of carbonyl (C=O) groups excluding carboxylic acids is 1. The van der Waals surface area contributed by atoms with Gasteiger partial charge in [0.05, 0.1) is 5.41 Å². The number of benzene rings is 1. The molecule has 21 heavy (non-hydrogen) atoms. The van der Waals surface area contributed by atoms with E-state index >= 15 is 0 Å². The molecule has 112 valence electrons. The molecule has 0 unspecified atom stereocenters. The van der Waals surface area contributed by atoms with E-state index in [2.05, 4.69) is 18.2 Å². The standard InChI is InChI=1S/C19H24O2/c20-18(16-8-4-1-2-5-9-16)19(12-14-21-15-13-19)17-10-6-3-7-11-17/h3,6-8,10-11H,1-2,4-5,9,12-15H2. The zero-order valence-corrected chi connectivity index (χ0v) is 12.6. The van der Waals surface area contributed by atoms with Crippen LogP contribution in [0.5, 0.6) is 0 Å².